The van der Waals surface area contributed by atoms with Crippen LogP contribution in [0.1, 0.15) is 93.0 Å². The molecule has 2 aliphatic rings. The molecule has 1 N–H and O–H groups in total. The van der Waals surface area contributed by atoms with E-state index in [4.69, 9.17) is 9.47 Å². The molecule has 1 aliphatic carbocycles. The number of likely N-dealkylation sites (N-methyl/N-ethyl adjacent to an activating group) is 1. The van der Waals surface area contributed by atoms with Gasteiger partial charge in [-0.1, -0.05) is 31.4 Å². The standard InChI is InChI=1S/C33H41F3N2O6/c1-20-23-15-16-38(29(39)18-27(30(40)41)37(5)31(42)44-32(2,3)4)26(23)13-14-28(20)43-19-21-11-12-24(22-9-7-6-8-10-22)25(17-21)33(34,35)36/h11-14,17,22,27H,6-10,15-16,18-19H2,1-5H3,(H,40,41)/t27-/m1/s1. The first-order valence-corrected chi connectivity index (χ1v) is 15.0. The number of anilines is 1. The molecule has 2 aromatic carbocycles. The molecule has 0 unspecified atom stereocenters. The van der Waals surface area contributed by atoms with E-state index in [2.05, 4.69) is 0 Å². The van der Waals surface area contributed by atoms with Gasteiger partial charge in [0.05, 0.1) is 12.0 Å². The van der Waals surface area contributed by atoms with Gasteiger partial charge in [0.2, 0.25) is 5.91 Å². The molecule has 11 heteroatoms. The minimum absolute atomic E-state index is 0.0480. The smallest absolute Gasteiger partial charge is 0.416 e. The van der Waals surface area contributed by atoms with Crippen LogP contribution in [-0.2, 0) is 33.5 Å². The second kappa shape index (κ2) is 13.1. The van der Waals surface area contributed by atoms with Crippen molar-refractivity contribution < 1.29 is 42.1 Å². The zero-order valence-electron chi connectivity index (χ0n) is 25.9. The molecule has 0 radical (unpaired) electrons. The van der Waals surface area contributed by atoms with Crippen molar-refractivity contribution in [1.82, 2.24) is 4.90 Å². The van der Waals surface area contributed by atoms with Gasteiger partial charge in [0.15, 0.2) is 0 Å². The first-order chi connectivity index (χ1) is 20.6. The van der Waals surface area contributed by atoms with Crippen molar-refractivity contribution in [2.45, 2.75) is 103 Å². The van der Waals surface area contributed by atoms with Crippen LogP contribution < -0.4 is 9.64 Å². The summed E-state index contributed by atoms with van der Waals surface area (Å²) in [5, 5.41) is 9.76. The predicted octanol–water partition coefficient (Wildman–Crippen LogP) is 7.24. The Morgan fingerprint density at radius 1 is 1.07 bits per heavy atom. The highest BCUT2D eigenvalue weighted by Crippen LogP contribution is 2.41. The fraction of sp³-hybridized carbons (Fsp3) is 0.545. The van der Waals surface area contributed by atoms with Gasteiger partial charge in [-0.2, -0.15) is 13.2 Å². The van der Waals surface area contributed by atoms with Crippen molar-refractivity contribution in [1.29, 1.82) is 0 Å². The van der Waals surface area contributed by atoms with Crippen molar-refractivity contribution in [3.63, 3.8) is 0 Å². The van der Waals surface area contributed by atoms with Crippen molar-refractivity contribution in [3.8, 4) is 5.75 Å². The summed E-state index contributed by atoms with van der Waals surface area (Å²) in [6.07, 6.45) is -0.767. The van der Waals surface area contributed by atoms with E-state index in [1.54, 1.807) is 45.0 Å². The van der Waals surface area contributed by atoms with Crippen LogP contribution in [0.4, 0.5) is 23.7 Å². The number of aliphatic carboxylic acids is 1. The number of carboxylic acids is 1. The van der Waals surface area contributed by atoms with Crippen LogP contribution in [0.5, 0.6) is 5.75 Å². The van der Waals surface area contributed by atoms with E-state index in [0.717, 1.165) is 48.1 Å². The van der Waals surface area contributed by atoms with Crippen LogP contribution in [0.25, 0.3) is 0 Å². The largest absolute Gasteiger partial charge is 0.489 e. The average molecular weight is 619 g/mol. The van der Waals surface area contributed by atoms with Crippen molar-refractivity contribution >= 4 is 23.7 Å². The number of hydrogen-bond acceptors (Lipinski definition) is 5. The summed E-state index contributed by atoms with van der Waals surface area (Å²) in [5.41, 5.74) is 1.56. The number of nitrogens with zero attached hydrogens (tertiary/aromatic N) is 2. The molecular weight excluding hydrogens is 577 g/mol. The van der Waals surface area contributed by atoms with Gasteiger partial charge in [-0.15, -0.1) is 0 Å². The minimum Gasteiger partial charge on any atom is -0.489 e. The van der Waals surface area contributed by atoms with Crippen LogP contribution in [0.15, 0.2) is 30.3 Å². The molecule has 1 fully saturated rings. The normalized spacial score (nSPS) is 16.3. The van der Waals surface area contributed by atoms with E-state index in [1.165, 1.54) is 18.0 Å². The van der Waals surface area contributed by atoms with Gasteiger partial charge < -0.3 is 19.5 Å². The first kappa shape index (κ1) is 33.1. The number of halogens is 3. The van der Waals surface area contributed by atoms with Crippen LogP contribution in [-0.4, -0.2) is 53.2 Å². The van der Waals surface area contributed by atoms with Crippen molar-refractivity contribution in [2.24, 2.45) is 0 Å². The van der Waals surface area contributed by atoms with Gasteiger partial charge in [-0.05, 0) is 93.3 Å². The Bertz CT molecular complexity index is 1400. The van der Waals surface area contributed by atoms with Gasteiger partial charge >= 0.3 is 18.2 Å². The Hall–Kier alpha value is -3.76. The number of carboxylic acid groups (broad SMARTS) is 1. The summed E-state index contributed by atoms with van der Waals surface area (Å²) in [6.45, 7) is 7.08. The Kier molecular flexibility index (Phi) is 9.85. The van der Waals surface area contributed by atoms with E-state index < -0.39 is 47.8 Å². The molecule has 0 bridgehead atoms. The summed E-state index contributed by atoms with van der Waals surface area (Å²) >= 11 is 0. The number of ether oxygens (including phenoxy) is 2. The molecule has 2 aromatic rings. The summed E-state index contributed by atoms with van der Waals surface area (Å²) in [7, 11) is 1.28. The van der Waals surface area contributed by atoms with E-state index in [1.807, 2.05) is 6.92 Å². The summed E-state index contributed by atoms with van der Waals surface area (Å²) in [4.78, 5) is 40.1. The molecule has 8 nitrogen and oxygen atoms in total. The lowest BCUT2D eigenvalue weighted by molar-refractivity contribution is -0.144. The number of hydrogen-bond donors (Lipinski definition) is 1. The second-order valence-corrected chi connectivity index (χ2v) is 12.7. The van der Waals surface area contributed by atoms with Crippen LogP contribution in [0, 0.1) is 6.92 Å². The van der Waals surface area contributed by atoms with Gasteiger partial charge in [-0.25, -0.2) is 9.59 Å². The Labute approximate surface area is 256 Å². The quantitative estimate of drug-likeness (QED) is 0.335. The number of benzene rings is 2. The van der Waals surface area contributed by atoms with Crippen LogP contribution in [0.3, 0.4) is 0 Å². The van der Waals surface area contributed by atoms with E-state index >= 15 is 0 Å². The van der Waals surface area contributed by atoms with Crippen molar-refractivity contribution in [2.75, 3.05) is 18.5 Å². The van der Waals surface area contributed by atoms with Crippen molar-refractivity contribution in [3.05, 3.63) is 58.1 Å². The van der Waals surface area contributed by atoms with E-state index in [0.29, 0.717) is 35.5 Å². The lowest BCUT2D eigenvalue weighted by Gasteiger charge is -2.29. The lowest BCUT2D eigenvalue weighted by atomic mass is 9.81. The fourth-order valence-electron chi connectivity index (χ4n) is 6.05. The van der Waals surface area contributed by atoms with Crippen LogP contribution in [0.2, 0.25) is 0 Å². The van der Waals surface area contributed by atoms with E-state index in [9.17, 15) is 32.7 Å². The number of fused-ring (bicyclic) bond motifs is 1. The van der Waals surface area contributed by atoms with E-state index in [-0.39, 0.29) is 12.5 Å². The molecule has 4 rings (SSSR count). The molecule has 2 amide bonds. The maximum absolute atomic E-state index is 14.0. The molecule has 240 valence electrons. The Balaban J connectivity index is 1.46. The van der Waals surface area contributed by atoms with Crippen LogP contribution >= 0.6 is 0 Å². The molecular formula is C33H41F3N2O6. The Morgan fingerprint density at radius 2 is 1.75 bits per heavy atom. The highest BCUT2D eigenvalue weighted by atomic mass is 19.4. The first-order valence-electron chi connectivity index (χ1n) is 15.0. The number of amides is 2. The van der Waals surface area contributed by atoms with Gasteiger partial charge in [0.25, 0.3) is 0 Å². The van der Waals surface area contributed by atoms with Gasteiger partial charge in [0.1, 0.15) is 24.0 Å². The molecule has 0 saturated heterocycles. The predicted molar refractivity (Wildman–Crippen MR) is 159 cm³/mol. The SMILES string of the molecule is Cc1c(OCc2ccc(C3CCCCC3)c(C(F)(F)F)c2)ccc2c1CCN2C(=O)C[C@H](C(=O)O)N(C)C(=O)OC(C)(C)C. The topological polar surface area (TPSA) is 96.4 Å². The molecule has 44 heavy (non-hydrogen) atoms. The minimum atomic E-state index is -4.45. The molecule has 1 atom stereocenters. The molecule has 0 spiro atoms. The third-order valence-corrected chi connectivity index (χ3v) is 8.37. The molecule has 1 saturated carbocycles. The number of carbonyl (C=O) groups excluding carboxylic acids is 2. The third kappa shape index (κ3) is 7.65. The highest BCUT2D eigenvalue weighted by Gasteiger charge is 2.37. The molecule has 1 aliphatic heterocycles. The number of rotatable bonds is 8. The lowest BCUT2D eigenvalue weighted by Crippen LogP contribution is -2.47. The fourth-order valence-corrected chi connectivity index (χ4v) is 6.05. The zero-order valence-corrected chi connectivity index (χ0v) is 25.9. The highest BCUT2D eigenvalue weighted by molar-refractivity contribution is 5.98. The summed E-state index contributed by atoms with van der Waals surface area (Å²) in [5.74, 6) is -1.37. The third-order valence-electron chi connectivity index (χ3n) is 8.37. The van der Waals surface area contributed by atoms with Gasteiger partial charge in [0, 0.05) is 19.3 Å². The second-order valence-electron chi connectivity index (χ2n) is 12.7. The summed E-state index contributed by atoms with van der Waals surface area (Å²) < 4.78 is 53.3. The maximum atomic E-state index is 14.0. The Morgan fingerprint density at radius 3 is 2.36 bits per heavy atom. The monoisotopic (exact) mass is 618 g/mol. The maximum Gasteiger partial charge on any atom is 0.416 e. The molecule has 0 aromatic heterocycles. The number of carbonyl (C=O) groups is 3. The molecule has 1 heterocycles. The zero-order chi connectivity index (χ0) is 32.4. The average Bonchev–Trinajstić information content (AvgIpc) is 3.39. The number of alkyl halides is 3. The summed E-state index contributed by atoms with van der Waals surface area (Å²) in [6, 6.07) is 6.44. The van der Waals surface area contributed by atoms with Gasteiger partial charge in [-0.3, -0.25) is 9.69 Å².